The van der Waals surface area contributed by atoms with Crippen molar-refractivity contribution in [2.45, 2.75) is 6.29 Å². The van der Waals surface area contributed by atoms with Crippen LogP contribution in [0.5, 0.6) is 5.75 Å². The molecule has 2 aromatic rings. The molecule has 0 saturated carbocycles. The molecule has 0 spiro atoms. The average Bonchev–Trinajstić information content (AvgIpc) is 2.80. The van der Waals surface area contributed by atoms with E-state index in [9.17, 15) is 0 Å². The number of hydrogen-bond acceptors (Lipinski definition) is 8. The van der Waals surface area contributed by atoms with E-state index in [0.717, 1.165) is 44.2 Å². The minimum Gasteiger partial charge on any atom is -0.492 e. The van der Waals surface area contributed by atoms with E-state index in [4.69, 9.17) is 49.8 Å². The van der Waals surface area contributed by atoms with Crippen molar-refractivity contribution in [2.24, 2.45) is 32.0 Å². The maximum Gasteiger partial charge on any atom is 0.287 e. The van der Waals surface area contributed by atoms with Gasteiger partial charge in [-0.2, -0.15) is 0 Å². The molecule has 0 aromatic heterocycles. The van der Waals surface area contributed by atoms with Gasteiger partial charge in [-0.1, -0.05) is 45.7 Å². The number of aliphatic imine (C=N–C) groups is 1. The summed E-state index contributed by atoms with van der Waals surface area (Å²) >= 11 is 13.0. The van der Waals surface area contributed by atoms with Crippen molar-refractivity contribution in [3.63, 3.8) is 0 Å². The smallest absolute Gasteiger partial charge is 0.287 e. The van der Waals surface area contributed by atoms with Crippen LogP contribution in [-0.2, 0) is 4.74 Å². The van der Waals surface area contributed by atoms with Crippen LogP contribution in [0.15, 0.2) is 56.8 Å². The third kappa shape index (κ3) is 7.34. The van der Waals surface area contributed by atoms with Crippen LogP contribution >= 0.6 is 23.2 Å². The number of rotatable bonds is 8. The molecule has 0 bridgehead atoms. The van der Waals surface area contributed by atoms with Crippen LogP contribution in [0, 0.1) is 5.53 Å². The zero-order valence-corrected chi connectivity index (χ0v) is 19.3. The zero-order valence-electron chi connectivity index (χ0n) is 17.7. The largest absolute Gasteiger partial charge is 0.492 e. The number of nitrogens with zero attached hydrogens (tertiary/aromatic N) is 5. The number of guanidine groups is 1. The van der Waals surface area contributed by atoms with Gasteiger partial charge in [-0.3, -0.25) is 10.6 Å². The summed E-state index contributed by atoms with van der Waals surface area (Å²) in [4.78, 5) is 6.18. The Balaban J connectivity index is 1.63. The minimum absolute atomic E-state index is 0.279. The first-order valence-electron chi connectivity index (χ1n) is 10.1. The predicted octanol–water partition coefficient (Wildman–Crippen LogP) is 3.74. The lowest BCUT2D eigenvalue weighted by molar-refractivity contribution is 0.0322. The molecule has 13 heteroatoms. The molecule has 1 unspecified atom stereocenters. The molecule has 3 rings (SSSR count). The fourth-order valence-electron chi connectivity index (χ4n) is 3.22. The number of hydrogen-bond donors (Lipinski definition) is 4. The molecule has 11 nitrogen and oxygen atoms in total. The quantitative estimate of drug-likeness (QED) is 0.109. The van der Waals surface area contributed by atoms with Crippen LogP contribution in [0.1, 0.15) is 0 Å². The van der Waals surface area contributed by atoms with Crippen molar-refractivity contribution < 1.29 is 9.47 Å². The second kappa shape index (κ2) is 12.4. The Labute approximate surface area is 201 Å². The van der Waals surface area contributed by atoms with E-state index in [1.165, 1.54) is 0 Å². The van der Waals surface area contributed by atoms with Crippen molar-refractivity contribution in [3.8, 4) is 16.9 Å². The van der Waals surface area contributed by atoms with E-state index < -0.39 is 6.29 Å². The van der Waals surface area contributed by atoms with Crippen LogP contribution in [0.25, 0.3) is 11.1 Å². The van der Waals surface area contributed by atoms with Crippen molar-refractivity contribution in [2.75, 3.05) is 44.8 Å². The lowest BCUT2D eigenvalue weighted by atomic mass is 10.0. The number of halogens is 2. The summed E-state index contributed by atoms with van der Waals surface area (Å²) in [6.45, 7) is 4.86. The van der Waals surface area contributed by atoms with Gasteiger partial charge in [0.25, 0.3) is 5.96 Å². The maximum atomic E-state index is 6.97. The fourth-order valence-corrected chi connectivity index (χ4v) is 3.93. The molecule has 0 aliphatic carbocycles. The third-order valence-electron chi connectivity index (χ3n) is 4.78. The molecule has 1 saturated heterocycles. The molecule has 6 N–H and O–H groups in total. The zero-order chi connectivity index (χ0) is 23.6. The maximum absolute atomic E-state index is 6.97. The van der Waals surface area contributed by atoms with Gasteiger partial charge in [0.1, 0.15) is 12.4 Å². The average molecular weight is 494 g/mol. The van der Waals surface area contributed by atoms with Gasteiger partial charge in [-0.05, 0) is 29.8 Å². The van der Waals surface area contributed by atoms with E-state index in [1.807, 2.05) is 24.3 Å². The highest BCUT2D eigenvalue weighted by Crippen LogP contribution is 2.38. The second-order valence-electron chi connectivity index (χ2n) is 6.99. The number of nitrogens with one attached hydrogen (secondary N) is 2. The standard InChI is InChI=1S/C20H25Cl2N9O2/c21-16-11-14(26-19(23)27-20(28-24)29-30-25)12-17(22)18(16)13-1-3-15(4-2-13)33-10-7-31-5-8-32-9-6-31/h1-4,11-12,19,24,26H,5-10,23H2,(H2,25,27,29). The SMILES string of the molecule is N=NC(N=NN)=NC(N)Nc1cc(Cl)c(-c2ccc(OCCN3CCOCC3)cc2)c(Cl)c1. The first kappa shape index (κ1) is 24.8. The van der Waals surface area contributed by atoms with Crippen LogP contribution in [0.4, 0.5) is 5.69 Å². The first-order chi connectivity index (χ1) is 16.0. The Morgan fingerprint density at radius 2 is 1.85 bits per heavy atom. The van der Waals surface area contributed by atoms with Gasteiger partial charge in [-0.25, -0.2) is 10.5 Å². The van der Waals surface area contributed by atoms with Crippen molar-refractivity contribution in [3.05, 3.63) is 46.4 Å². The molecule has 1 fully saturated rings. The molecule has 2 aromatic carbocycles. The number of morpholine rings is 1. The molecule has 1 aliphatic rings. The highest BCUT2D eigenvalue weighted by molar-refractivity contribution is 6.39. The van der Waals surface area contributed by atoms with Gasteiger partial charge >= 0.3 is 0 Å². The summed E-state index contributed by atoms with van der Waals surface area (Å²) < 4.78 is 11.2. The Bertz CT molecular complexity index is 973. The molecule has 1 aliphatic heterocycles. The van der Waals surface area contributed by atoms with E-state index >= 15 is 0 Å². The van der Waals surface area contributed by atoms with Gasteiger partial charge in [0.05, 0.1) is 23.3 Å². The monoisotopic (exact) mass is 493 g/mol. The summed E-state index contributed by atoms with van der Waals surface area (Å²) in [6.07, 6.45) is -0.966. The summed E-state index contributed by atoms with van der Waals surface area (Å²) in [5, 5.41) is 13.2. The van der Waals surface area contributed by atoms with Gasteiger partial charge in [0.15, 0.2) is 6.29 Å². The van der Waals surface area contributed by atoms with Crippen molar-refractivity contribution in [1.82, 2.24) is 4.90 Å². The molecular weight excluding hydrogens is 469 g/mol. The topological polar surface area (TPSA) is 159 Å². The van der Waals surface area contributed by atoms with Crippen molar-refractivity contribution >= 4 is 34.8 Å². The summed E-state index contributed by atoms with van der Waals surface area (Å²) in [7, 11) is 0. The predicted molar refractivity (Wildman–Crippen MR) is 128 cm³/mol. The number of ether oxygens (including phenoxy) is 2. The highest BCUT2D eigenvalue weighted by atomic mass is 35.5. The molecule has 1 atom stereocenters. The Kier molecular flexibility index (Phi) is 9.34. The summed E-state index contributed by atoms with van der Waals surface area (Å²) in [6, 6.07) is 10.9. The van der Waals surface area contributed by atoms with E-state index in [-0.39, 0.29) is 5.96 Å². The fraction of sp³-hybridized carbons (Fsp3) is 0.350. The van der Waals surface area contributed by atoms with E-state index in [0.29, 0.717) is 27.9 Å². The van der Waals surface area contributed by atoms with Crippen LogP contribution in [-0.4, -0.2) is 56.6 Å². The van der Waals surface area contributed by atoms with Crippen LogP contribution in [0.3, 0.4) is 0 Å². The van der Waals surface area contributed by atoms with Gasteiger partial charge < -0.3 is 20.6 Å². The van der Waals surface area contributed by atoms with Crippen LogP contribution in [0.2, 0.25) is 10.0 Å². The van der Waals surface area contributed by atoms with Crippen LogP contribution < -0.4 is 21.6 Å². The van der Waals surface area contributed by atoms with Gasteiger partial charge in [0, 0.05) is 30.9 Å². The summed E-state index contributed by atoms with van der Waals surface area (Å²) in [5.74, 6) is 5.42. The Morgan fingerprint density at radius 3 is 2.45 bits per heavy atom. The molecule has 176 valence electrons. The Hall–Kier alpha value is -2.83. The first-order valence-corrected chi connectivity index (χ1v) is 10.9. The molecular formula is C20H25Cl2N9O2. The third-order valence-corrected chi connectivity index (χ3v) is 5.38. The molecule has 33 heavy (non-hydrogen) atoms. The van der Waals surface area contributed by atoms with Crippen molar-refractivity contribution in [1.29, 1.82) is 5.53 Å². The molecule has 0 radical (unpaired) electrons. The second-order valence-corrected chi connectivity index (χ2v) is 7.80. The number of anilines is 1. The number of nitrogens with two attached hydrogens (primary N) is 2. The Morgan fingerprint density at radius 1 is 1.18 bits per heavy atom. The minimum atomic E-state index is -0.966. The molecule has 0 amide bonds. The molecule has 1 heterocycles. The van der Waals surface area contributed by atoms with Gasteiger partial charge in [-0.15, -0.1) is 5.11 Å². The normalized spacial score (nSPS) is 16.0. The van der Waals surface area contributed by atoms with E-state index in [1.54, 1.807) is 12.1 Å². The summed E-state index contributed by atoms with van der Waals surface area (Å²) in [5.41, 5.74) is 14.9. The lowest BCUT2D eigenvalue weighted by Crippen LogP contribution is -2.38. The van der Waals surface area contributed by atoms with E-state index in [2.05, 4.69) is 30.7 Å². The highest BCUT2D eigenvalue weighted by Gasteiger charge is 2.13. The lowest BCUT2D eigenvalue weighted by Gasteiger charge is -2.26. The number of benzene rings is 2. The van der Waals surface area contributed by atoms with Gasteiger partial charge in [0.2, 0.25) is 0 Å².